The van der Waals surface area contributed by atoms with Crippen molar-refractivity contribution in [3.8, 4) is 0 Å². The minimum atomic E-state index is 0.145. The second kappa shape index (κ2) is 10.1. The van der Waals surface area contributed by atoms with Crippen molar-refractivity contribution >= 4 is 11.6 Å². The molecule has 0 aliphatic carbocycles. The topological polar surface area (TPSA) is 52.6 Å². The average Bonchev–Trinajstić information content (AvgIpc) is 2.34. The first-order valence-electron chi connectivity index (χ1n) is 9.16. The summed E-state index contributed by atoms with van der Waals surface area (Å²) in [5.74, 6) is 1.01. The molecule has 0 spiro atoms. The van der Waals surface area contributed by atoms with Gasteiger partial charge in [0.05, 0.1) is 24.4 Å². The molecule has 2 rings (SSSR count). The van der Waals surface area contributed by atoms with E-state index >= 15 is 0 Å². The van der Waals surface area contributed by atoms with Gasteiger partial charge < -0.3 is 14.3 Å². The normalized spacial score (nSPS) is 33.2. The lowest BCUT2D eigenvalue weighted by atomic mass is 9.89. The van der Waals surface area contributed by atoms with Gasteiger partial charge in [0, 0.05) is 6.42 Å². The number of hydrogen-bond donors (Lipinski definition) is 0. The van der Waals surface area contributed by atoms with Crippen LogP contribution in [0.25, 0.3) is 0 Å². The van der Waals surface area contributed by atoms with Crippen LogP contribution in [0.5, 0.6) is 0 Å². The maximum atomic E-state index is 10.9. The van der Waals surface area contributed by atoms with Gasteiger partial charge in [0.15, 0.2) is 5.78 Å². The molecule has 0 radical (unpaired) electrons. The van der Waals surface area contributed by atoms with Gasteiger partial charge in [-0.05, 0) is 79.2 Å². The molecule has 0 aromatic heterocycles. The molecule has 138 valence electrons. The van der Waals surface area contributed by atoms with E-state index in [9.17, 15) is 9.59 Å². The Morgan fingerprint density at radius 2 is 1.38 bits per heavy atom. The molecule has 2 saturated heterocycles. The third-order valence-corrected chi connectivity index (χ3v) is 4.34. The highest BCUT2D eigenvalue weighted by Gasteiger charge is 2.24. The van der Waals surface area contributed by atoms with Gasteiger partial charge in [-0.1, -0.05) is 5.57 Å². The number of ether oxygens (including phenoxy) is 2. The van der Waals surface area contributed by atoms with Gasteiger partial charge in [0.1, 0.15) is 5.78 Å². The number of hydrogen-bond acceptors (Lipinski definition) is 4. The highest BCUT2D eigenvalue weighted by molar-refractivity contribution is 5.87. The largest absolute Gasteiger partial charge is 0.376 e. The van der Waals surface area contributed by atoms with Crippen molar-refractivity contribution in [3.05, 3.63) is 11.6 Å². The van der Waals surface area contributed by atoms with Crippen LogP contribution in [0.15, 0.2) is 11.6 Å². The maximum Gasteiger partial charge on any atom is 0.152 e. The Morgan fingerprint density at radius 3 is 1.79 bits per heavy atom. The number of rotatable bonds is 3. The first-order chi connectivity index (χ1) is 11.2. The minimum absolute atomic E-state index is 0.145. The lowest BCUT2D eigenvalue weighted by Crippen LogP contribution is -2.30. The zero-order valence-corrected chi connectivity index (χ0v) is 16.1. The summed E-state index contributed by atoms with van der Waals surface area (Å²) in [6, 6.07) is 0. The zero-order valence-electron chi connectivity index (χ0n) is 16.1. The Kier molecular flexibility index (Phi) is 8.85. The highest BCUT2D eigenvalue weighted by Crippen LogP contribution is 2.27. The van der Waals surface area contributed by atoms with E-state index < -0.39 is 0 Å². The minimum Gasteiger partial charge on any atom is -0.376 e. The van der Waals surface area contributed by atoms with Crippen LogP contribution in [0.2, 0.25) is 0 Å². The monoisotopic (exact) mass is 338 g/mol. The summed E-state index contributed by atoms with van der Waals surface area (Å²) in [5, 5.41) is 0. The van der Waals surface area contributed by atoms with E-state index in [4.69, 9.17) is 9.47 Å². The van der Waals surface area contributed by atoms with Crippen molar-refractivity contribution in [2.45, 2.75) is 98.1 Å². The molecule has 2 aliphatic rings. The van der Waals surface area contributed by atoms with Gasteiger partial charge in [0.2, 0.25) is 0 Å². The van der Waals surface area contributed by atoms with Gasteiger partial charge in [0.25, 0.3) is 0 Å². The highest BCUT2D eigenvalue weighted by atomic mass is 16.5. The van der Waals surface area contributed by atoms with Crippen LogP contribution in [-0.2, 0) is 19.1 Å². The summed E-state index contributed by atoms with van der Waals surface area (Å²) < 4.78 is 11.1. The molecule has 0 bridgehead atoms. The van der Waals surface area contributed by atoms with Gasteiger partial charge in [-0.3, -0.25) is 4.79 Å². The molecule has 2 fully saturated rings. The van der Waals surface area contributed by atoms with Crippen LogP contribution in [0.3, 0.4) is 0 Å². The molecular formula is C20H34O4. The van der Waals surface area contributed by atoms with Crippen LogP contribution < -0.4 is 0 Å². The lowest BCUT2D eigenvalue weighted by molar-refractivity contribution is -0.120. The summed E-state index contributed by atoms with van der Waals surface area (Å²) in [5.41, 5.74) is 1.23. The van der Waals surface area contributed by atoms with Crippen LogP contribution in [0.1, 0.15) is 73.6 Å². The van der Waals surface area contributed by atoms with Gasteiger partial charge >= 0.3 is 0 Å². The van der Waals surface area contributed by atoms with E-state index in [1.54, 1.807) is 19.9 Å². The van der Waals surface area contributed by atoms with Crippen LogP contribution in [-0.4, -0.2) is 36.0 Å². The van der Waals surface area contributed by atoms with Crippen molar-refractivity contribution < 1.29 is 19.1 Å². The van der Waals surface area contributed by atoms with Crippen molar-refractivity contribution in [2.24, 2.45) is 5.92 Å². The Bertz CT molecular complexity index is 433. The number of carbonyl (C=O) groups is 2. The van der Waals surface area contributed by atoms with Gasteiger partial charge in [-0.25, -0.2) is 0 Å². The quantitative estimate of drug-likeness (QED) is 0.722. The fraction of sp³-hybridized carbons (Fsp3) is 0.800. The molecular weight excluding hydrogens is 304 g/mol. The predicted molar refractivity (Wildman–Crippen MR) is 96.0 cm³/mol. The van der Waals surface area contributed by atoms with Crippen molar-refractivity contribution in [1.29, 1.82) is 0 Å². The molecule has 4 atom stereocenters. The molecule has 0 aromatic rings. The van der Waals surface area contributed by atoms with Crippen molar-refractivity contribution in [3.63, 3.8) is 0 Å². The molecule has 24 heavy (non-hydrogen) atoms. The SMILES string of the molecule is CC(=O)C=C1CC(C)OC(C)C1.CC(=O)CC1CC(C)OC(C)C1. The molecule has 0 N–H and O–H groups in total. The summed E-state index contributed by atoms with van der Waals surface area (Å²) in [7, 11) is 0. The molecule has 4 unspecified atom stereocenters. The summed E-state index contributed by atoms with van der Waals surface area (Å²) in [6.45, 7) is 11.5. The van der Waals surface area contributed by atoms with Crippen LogP contribution in [0, 0.1) is 5.92 Å². The third-order valence-electron chi connectivity index (χ3n) is 4.34. The van der Waals surface area contributed by atoms with Crippen LogP contribution >= 0.6 is 0 Å². The predicted octanol–water partition coefficient (Wildman–Crippen LogP) is 4.26. The Hall–Kier alpha value is -1.00. The number of ketones is 2. The molecule has 2 heterocycles. The zero-order chi connectivity index (χ0) is 18.3. The fourth-order valence-corrected chi connectivity index (χ4v) is 3.84. The Morgan fingerprint density at radius 1 is 0.917 bits per heavy atom. The van der Waals surface area contributed by atoms with Gasteiger partial charge in [-0.2, -0.15) is 0 Å². The van der Waals surface area contributed by atoms with Gasteiger partial charge in [-0.15, -0.1) is 0 Å². The molecule has 0 aromatic carbocycles. The Balaban J connectivity index is 0.000000240. The summed E-state index contributed by atoms with van der Waals surface area (Å²) >= 11 is 0. The molecule has 4 nitrogen and oxygen atoms in total. The fourth-order valence-electron chi connectivity index (χ4n) is 3.84. The summed E-state index contributed by atoms with van der Waals surface area (Å²) in [4.78, 5) is 21.7. The molecule has 4 heteroatoms. The van der Waals surface area contributed by atoms with Crippen molar-refractivity contribution in [2.75, 3.05) is 0 Å². The van der Waals surface area contributed by atoms with E-state index in [2.05, 4.69) is 13.8 Å². The Labute approximate surface area is 147 Å². The van der Waals surface area contributed by atoms with E-state index in [0.29, 0.717) is 23.9 Å². The van der Waals surface area contributed by atoms with Crippen LogP contribution in [0.4, 0.5) is 0 Å². The van der Waals surface area contributed by atoms with E-state index in [-0.39, 0.29) is 18.0 Å². The van der Waals surface area contributed by atoms with E-state index in [0.717, 1.165) is 32.1 Å². The molecule has 0 amide bonds. The number of allylic oxidation sites excluding steroid dienone is 1. The second-order valence-corrected chi connectivity index (χ2v) is 7.58. The first kappa shape index (κ1) is 21.0. The summed E-state index contributed by atoms with van der Waals surface area (Å²) in [6.07, 6.45) is 7.57. The second-order valence-electron chi connectivity index (χ2n) is 7.58. The third kappa shape index (κ3) is 8.74. The smallest absolute Gasteiger partial charge is 0.152 e. The molecule has 2 aliphatic heterocycles. The van der Waals surface area contributed by atoms with Crippen molar-refractivity contribution in [1.82, 2.24) is 0 Å². The average molecular weight is 338 g/mol. The number of carbonyl (C=O) groups excluding carboxylic acids is 2. The van der Waals surface area contributed by atoms with E-state index in [1.165, 1.54) is 5.57 Å². The van der Waals surface area contributed by atoms with E-state index in [1.807, 2.05) is 13.8 Å². The first-order valence-corrected chi connectivity index (χ1v) is 9.16. The lowest BCUT2D eigenvalue weighted by Gasteiger charge is -2.31. The maximum absolute atomic E-state index is 10.9. The number of Topliss-reactive ketones (excluding diaryl/α,β-unsaturated/α-hetero) is 1. The molecule has 0 saturated carbocycles. The standard InChI is InChI=1S/C10H18O2.C10H16O2/c2*1-7(11)4-10-5-8(2)12-9(3)6-10/h8-10H,4-6H2,1-3H3;4,8-9H,5-6H2,1-3H3.